The molecule has 2 aromatic heterocycles. The van der Waals surface area contributed by atoms with Gasteiger partial charge in [-0.05, 0) is 72.5 Å². The minimum Gasteiger partial charge on any atom is -0.337 e. The zero-order valence-corrected chi connectivity index (χ0v) is 25.1. The Labute approximate surface area is 262 Å². The number of carbonyl (C=O) groups is 2. The smallest absolute Gasteiger partial charge is 0.185 e. The van der Waals surface area contributed by atoms with E-state index in [1.807, 2.05) is 16.7 Å². The van der Waals surface area contributed by atoms with E-state index in [1.165, 1.54) is 12.1 Å². The fourth-order valence-corrected chi connectivity index (χ4v) is 5.53. The number of rotatable bonds is 10. The van der Waals surface area contributed by atoms with E-state index >= 15 is 0 Å². The molecule has 228 valence electrons. The second-order valence-corrected chi connectivity index (χ2v) is 10.8. The van der Waals surface area contributed by atoms with Crippen LogP contribution in [0.2, 0.25) is 10.0 Å². The first-order valence-electron chi connectivity index (χ1n) is 13.7. The molecular formula is C34H28Cl2F4N2O2. The summed E-state index contributed by atoms with van der Waals surface area (Å²) in [4.78, 5) is 25.0. The van der Waals surface area contributed by atoms with Crippen molar-refractivity contribution in [3.8, 4) is 0 Å². The molecule has 0 saturated carbocycles. The molecule has 0 saturated heterocycles. The van der Waals surface area contributed by atoms with Crippen LogP contribution in [0.1, 0.15) is 56.3 Å². The van der Waals surface area contributed by atoms with Crippen LogP contribution in [0.4, 0.5) is 17.6 Å². The van der Waals surface area contributed by atoms with E-state index < -0.39 is 23.3 Å². The molecule has 0 atom stereocenters. The summed E-state index contributed by atoms with van der Waals surface area (Å²) < 4.78 is 56.0. The Bertz CT molecular complexity index is 1770. The van der Waals surface area contributed by atoms with E-state index in [1.54, 1.807) is 28.9 Å². The van der Waals surface area contributed by atoms with Crippen molar-refractivity contribution in [2.75, 3.05) is 0 Å². The summed E-state index contributed by atoms with van der Waals surface area (Å²) in [6.45, 7) is 8.60. The van der Waals surface area contributed by atoms with Crippen molar-refractivity contribution in [3.05, 3.63) is 141 Å². The van der Waals surface area contributed by atoms with Crippen molar-refractivity contribution < 1.29 is 27.2 Å². The number of benzene rings is 2. The van der Waals surface area contributed by atoms with Crippen LogP contribution < -0.4 is 0 Å². The van der Waals surface area contributed by atoms with Crippen LogP contribution in [0.15, 0.2) is 73.8 Å². The molecule has 0 bridgehead atoms. The van der Waals surface area contributed by atoms with E-state index in [4.69, 9.17) is 23.2 Å². The largest absolute Gasteiger partial charge is 0.337 e. The Kier molecular flexibility index (Phi) is 10.8. The van der Waals surface area contributed by atoms with Gasteiger partial charge >= 0.3 is 0 Å². The molecule has 2 aromatic carbocycles. The lowest BCUT2D eigenvalue weighted by atomic mass is 10.1. The molecule has 44 heavy (non-hydrogen) atoms. The molecule has 3 heterocycles. The van der Waals surface area contributed by atoms with Crippen LogP contribution >= 0.6 is 23.2 Å². The van der Waals surface area contributed by atoms with Crippen molar-refractivity contribution in [1.82, 2.24) is 9.13 Å². The molecule has 0 aliphatic carbocycles. The lowest BCUT2D eigenvalue weighted by molar-refractivity contribution is 0.0975. The van der Waals surface area contributed by atoms with Gasteiger partial charge in [0.05, 0.1) is 10.0 Å². The second-order valence-electron chi connectivity index (χ2n) is 10.0. The number of carbonyl (C=O) groups excluding carboxylic acids is 2. The van der Waals surface area contributed by atoms with E-state index in [0.717, 1.165) is 42.1 Å². The topological polar surface area (TPSA) is 44.0 Å². The zero-order chi connectivity index (χ0) is 32.0. The molecule has 0 N–H and O–H groups in total. The molecule has 0 spiro atoms. The molecule has 4 nitrogen and oxygen atoms in total. The summed E-state index contributed by atoms with van der Waals surface area (Å²) >= 11 is 12.3. The van der Waals surface area contributed by atoms with Gasteiger partial charge in [0.15, 0.2) is 34.8 Å². The summed E-state index contributed by atoms with van der Waals surface area (Å²) in [5.74, 6) is -4.26. The second kappa shape index (κ2) is 14.6. The summed E-state index contributed by atoms with van der Waals surface area (Å²) in [6.07, 6.45) is 8.73. The quantitative estimate of drug-likeness (QED) is 0.0983. The molecule has 0 unspecified atom stereocenters. The van der Waals surface area contributed by atoms with Crippen molar-refractivity contribution in [2.45, 2.75) is 38.8 Å². The van der Waals surface area contributed by atoms with Gasteiger partial charge < -0.3 is 9.13 Å². The highest BCUT2D eigenvalue weighted by Crippen LogP contribution is 2.28. The van der Waals surface area contributed by atoms with Crippen LogP contribution in [0, 0.1) is 23.3 Å². The lowest BCUT2D eigenvalue weighted by Crippen LogP contribution is -2.14. The van der Waals surface area contributed by atoms with Crippen LogP contribution in [0.3, 0.4) is 0 Å². The number of hydrogen-bond donors (Lipinski definition) is 0. The first-order valence-corrected chi connectivity index (χ1v) is 14.4. The van der Waals surface area contributed by atoms with Gasteiger partial charge in [-0.15, -0.1) is 6.58 Å². The normalized spacial score (nSPS) is 11.9. The number of allylic oxidation sites excluding steroid dienone is 2. The third kappa shape index (κ3) is 7.49. The van der Waals surface area contributed by atoms with Crippen molar-refractivity contribution >= 4 is 46.9 Å². The predicted molar refractivity (Wildman–Crippen MR) is 166 cm³/mol. The Morgan fingerprint density at radius 2 is 1.36 bits per heavy atom. The Hall–Kier alpha value is -4.14. The maximum atomic E-state index is 13.3. The molecule has 4 aromatic rings. The van der Waals surface area contributed by atoms with E-state index in [0.29, 0.717) is 52.1 Å². The lowest BCUT2D eigenvalue weighted by Gasteiger charge is -2.13. The number of nitrogens with zero attached hydrogens (tertiary/aromatic N) is 2. The molecule has 1 aliphatic rings. The van der Waals surface area contributed by atoms with Gasteiger partial charge in [-0.25, -0.2) is 17.6 Å². The average molecular weight is 644 g/mol. The molecule has 0 radical (unpaired) electrons. The fourth-order valence-electron chi connectivity index (χ4n) is 4.89. The SMILES string of the molecule is C=CCCn1c(C=C)cc(Cl)c1C(=O)Cc1ccc(F)c(F)c1.O=C(Cc1ccc(F)c(F)c1)c1c(Cl)cc2n1CCC=C2. The number of Topliss-reactive ketones (excluding diaryl/α,β-unsaturated/α-hetero) is 2. The van der Waals surface area contributed by atoms with Crippen LogP contribution in [-0.4, -0.2) is 20.7 Å². The number of ketones is 2. The summed E-state index contributed by atoms with van der Waals surface area (Å²) in [5.41, 5.74) is 3.21. The molecular weight excluding hydrogens is 615 g/mol. The van der Waals surface area contributed by atoms with E-state index in [9.17, 15) is 27.2 Å². The monoisotopic (exact) mass is 642 g/mol. The van der Waals surface area contributed by atoms with Gasteiger partial charge in [-0.3, -0.25) is 9.59 Å². The van der Waals surface area contributed by atoms with Gasteiger partial charge in [-0.1, -0.05) is 54.1 Å². The third-order valence-corrected chi connectivity index (χ3v) is 7.54. The molecule has 0 fully saturated rings. The highest BCUT2D eigenvalue weighted by Gasteiger charge is 2.22. The number of aromatic nitrogens is 2. The van der Waals surface area contributed by atoms with Gasteiger partial charge in [0.1, 0.15) is 11.4 Å². The van der Waals surface area contributed by atoms with Crippen LogP contribution in [0.25, 0.3) is 12.2 Å². The number of fused-ring (bicyclic) bond motifs is 1. The Balaban J connectivity index is 0.000000201. The molecule has 5 rings (SSSR count). The first kappa shape index (κ1) is 32.8. The summed E-state index contributed by atoms with van der Waals surface area (Å²) in [6, 6.07) is 10.3. The summed E-state index contributed by atoms with van der Waals surface area (Å²) in [7, 11) is 0. The predicted octanol–water partition coefficient (Wildman–Crippen LogP) is 9.33. The highest BCUT2D eigenvalue weighted by molar-refractivity contribution is 6.34. The van der Waals surface area contributed by atoms with Crippen molar-refractivity contribution in [1.29, 1.82) is 0 Å². The Morgan fingerprint density at radius 3 is 1.91 bits per heavy atom. The summed E-state index contributed by atoms with van der Waals surface area (Å²) in [5, 5.41) is 0.709. The first-order chi connectivity index (χ1) is 21.0. The van der Waals surface area contributed by atoms with E-state index in [-0.39, 0.29) is 24.4 Å². The average Bonchev–Trinajstić information content (AvgIpc) is 3.51. The molecule has 1 aliphatic heterocycles. The minimum atomic E-state index is -0.977. The highest BCUT2D eigenvalue weighted by atomic mass is 35.5. The van der Waals surface area contributed by atoms with Gasteiger partial charge in [0, 0.05) is 37.3 Å². The third-order valence-electron chi connectivity index (χ3n) is 6.96. The Morgan fingerprint density at radius 1 is 0.795 bits per heavy atom. The minimum absolute atomic E-state index is 0.00983. The van der Waals surface area contributed by atoms with Gasteiger partial charge in [0.2, 0.25) is 0 Å². The zero-order valence-electron chi connectivity index (χ0n) is 23.6. The maximum Gasteiger partial charge on any atom is 0.185 e. The van der Waals surface area contributed by atoms with E-state index in [2.05, 4.69) is 13.2 Å². The van der Waals surface area contributed by atoms with Crippen molar-refractivity contribution in [3.63, 3.8) is 0 Å². The maximum absolute atomic E-state index is 13.3. The van der Waals surface area contributed by atoms with Crippen molar-refractivity contribution in [2.24, 2.45) is 0 Å². The molecule has 0 amide bonds. The van der Waals surface area contributed by atoms with Crippen LogP contribution in [-0.2, 0) is 25.9 Å². The fraction of sp³-hybridized carbons (Fsp3) is 0.176. The van der Waals surface area contributed by atoms with Gasteiger partial charge in [0.25, 0.3) is 0 Å². The molecule has 10 heteroatoms. The van der Waals surface area contributed by atoms with Gasteiger partial charge in [-0.2, -0.15) is 0 Å². The standard InChI is InChI=1S/C18H16ClF2NO.C16H12ClF2NO/c1-3-5-8-22-13(4-2)11-14(19)18(22)17(23)10-12-6-7-15(20)16(21)9-12;17-12-9-11-3-1-2-6-20(11)16(12)15(21)8-10-4-5-13(18)14(19)7-10/h3-4,6-7,9,11H,1-2,5,8,10H2;1,3-5,7,9H,2,6,8H2. The number of halogens is 6. The van der Waals surface area contributed by atoms with Crippen LogP contribution in [0.5, 0.6) is 0 Å². The number of hydrogen-bond acceptors (Lipinski definition) is 2.